The van der Waals surface area contributed by atoms with Gasteiger partial charge in [0.1, 0.15) is 0 Å². The van der Waals surface area contributed by atoms with Crippen LogP contribution in [0.1, 0.15) is 37.7 Å². The van der Waals surface area contributed by atoms with Gasteiger partial charge in [-0.1, -0.05) is 25.3 Å². The zero-order valence-electron chi connectivity index (χ0n) is 8.48. The molecule has 1 aliphatic rings. The van der Waals surface area contributed by atoms with Crippen molar-refractivity contribution in [2.24, 2.45) is 0 Å². The highest BCUT2D eigenvalue weighted by atomic mass is 32.2. The molecule has 0 unspecified atom stereocenters. The SMILES string of the molecule is c1cncc(CSC2CCCCC2)c1. The second-order valence-electron chi connectivity index (χ2n) is 3.93. The van der Waals surface area contributed by atoms with Gasteiger partial charge in [0, 0.05) is 23.4 Å². The number of hydrogen-bond donors (Lipinski definition) is 0. The molecule has 1 aliphatic carbocycles. The summed E-state index contributed by atoms with van der Waals surface area (Å²) in [6, 6.07) is 4.19. The molecule has 0 saturated heterocycles. The number of pyridine rings is 1. The van der Waals surface area contributed by atoms with E-state index in [0.717, 1.165) is 11.0 Å². The lowest BCUT2D eigenvalue weighted by Crippen LogP contribution is -2.08. The fraction of sp³-hybridized carbons (Fsp3) is 0.583. The fourth-order valence-corrected chi connectivity index (χ4v) is 3.19. The summed E-state index contributed by atoms with van der Waals surface area (Å²) in [6.45, 7) is 0. The minimum Gasteiger partial charge on any atom is -0.264 e. The molecule has 76 valence electrons. The molecule has 2 rings (SSSR count). The summed E-state index contributed by atoms with van der Waals surface area (Å²) in [4.78, 5) is 4.14. The maximum absolute atomic E-state index is 4.14. The second kappa shape index (κ2) is 5.40. The van der Waals surface area contributed by atoms with E-state index in [0.29, 0.717) is 0 Å². The molecule has 0 N–H and O–H groups in total. The Morgan fingerprint density at radius 3 is 2.86 bits per heavy atom. The van der Waals surface area contributed by atoms with E-state index in [1.165, 1.54) is 37.7 Å². The van der Waals surface area contributed by atoms with Crippen molar-refractivity contribution in [3.05, 3.63) is 30.1 Å². The molecular weight excluding hydrogens is 190 g/mol. The van der Waals surface area contributed by atoms with Gasteiger partial charge < -0.3 is 0 Å². The van der Waals surface area contributed by atoms with Crippen LogP contribution in [-0.4, -0.2) is 10.2 Å². The highest BCUT2D eigenvalue weighted by Gasteiger charge is 2.13. The van der Waals surface area contributed by atoms with Crippen molar-refractivity contribution in [1.82, 2.24) is 4.98 Å². The lowest BCUT2D eigenvalue weighted by molar-refractivity contribution is 0.516. The molecule has 1 aromatic rings. The molecule has 2 heteroatoms. The molecule has 1 heterocycles. The smallest absolute Gasteiger partial charge is 0.0308 e. The minimum atomic E-state index is 0.906. The van der Waals surface area contributed by atoms with Crippen LogP contribution in [0.15, 0.2) is 24.5 Å². The molecule has 1 nitrogen and oxygen atoms in total. The molecular formula is C12H17NS. The van der Waals surface area contributed by atoms with E-state index >= 15 is 0 Å². The topological polar surface area (TPSA) is 12.9 Å². The molecule has 14 heavy (non-hydrogen) atoms. The Bertz CT molecular complexity index is 254. The van der Waals surface area contributed by atoms with Crippen LogP contribution in [-0.2, 0) is 5.75 Å². The van der Waals surface area contributed by atoms with Crippen molar-refractivity contribution in [3.8, 4) is 0 Å². The van der Waals surface area contributed by atoms with Gasteiger partial charge in [-0.05, 0) is 24.5 Å². The fourth-order valence-electron chi connectivity index (χ4n) is 1.93. The van der Waals surface area contributed by atoms with Crippen LogP contribution in [0, 0.1) is 0 Å². The highest BCUT2D eigenvalue weighted by Crippen LogP contribution is 2.30. The van der Waals surface area contributed by atoms with Gasteiger partial charge in [-0.3, -0.25) is 4.98 Å². The van der Waals surface area contributed by atoms with Gasteiger partial charge in [0.15, 0.2) is 0 Å². The summed E-state index contributed by atoms with van der Waals surface area (Å²) >= 11 is 2.11. The molecule has 1 saturated carbocycles. The molecule has 0 bridgehead atoms. The van der Waals surface area contributed by atoms with Crippen molar-refractivity contribution in [1.29, 1.82) is 0 Å². The first kappa shape index (κ1) is 10.0. The normalized spacial score (nSPS) is 18.3. The Morgan fingerprint density at radius 1 is 1.29 bits per heavy atom. The first-order chi connectivity index (χ1) is 6.95. The average molecular weight is 207 g/mol. The molecule has 0 radical (unpaired) electrons. The summed E-state index contributed by atoms with van der Waals surface area (Å²) in [5.74, 6) is 1.14. The Labute approximate surface area is 90.3 Å². The van der Waals surface area contributed by atoms with Gasteiger partial charge >= 0.3 is 0 Å². The maximum atomic E-state index is 4.14. The lowest BCUT2D eigenvalue weighted by atomic mass is 10.0. The molecule has 1 aromatic heterocycles. The molecule has 1 fully saturated rings. The predicted octanol–water partition coefficient (Wildman–Crippen LogP) is 3.65. The molecule has 0 aromatic carbocycles. The van der Waals surface area contributed by atoms with Crippen LogP contribution < -0.4 is 0 Å². The van der Waals surface area contributed by atoms with Crippen LogP contribution in [0.2, 0.25) is 0 Å². The van der Waals surface area contributed by atoms with Crippen LogP contribution in [0.25, 0.3) is 0 Å². The summed E-state index contributed by atoms with van der Waals surface area (Å²) in [5.41, 5.74) is 1.36. The standard InChI is InChI=1S/C12H17NS/c1-2-6-12(7-3-1)14-10-11-5-4-8-13-9-11/h4-5,8-9,12H,1-3,6-7,10H2. The maximum Gasteiger partial charge on any atom is 0.0308 e. The Hall–Kier alpha value is -0.500. The van der Waals surface area contributed by atoms with E-state index < -0.39 is 0 Å². The second-order valence-corrected chi connectivity index (χ2v) is 5.22. The van der Waals surface area contributed by atoms with Crippen molar-refractivity contribution >= 4 is 11.8 Å². The van der Waals surface area contributed by atoms with E-state index in [1.807, 2.05) is 18.5 Å². The Balaban J connectivity index is 1.76. The predicted molar refractivity (Wildman–Crippen MR) is 62.4 cm³/mol. The summed E-state index contributed by atoms with van der Waals surface area (Å²) < 4.78 is 0. The van der Waals surface area contributed by atoms with E-state index in [2.05, 4.69) is 22.8 Å². The van der Waals surface area contributed by atoms with Crippen molar-refractivity contribution in [2.45, 2.75) is 43.1 Å². The average Bonchev–Trinajstić information content (AvgIpc) is 2.29. The van der Waals surface area contributed by atoms with Gasteiger partial charge in [-0.15, -0.1) is 0 Å². The van der Waals surface area contributed by atoms with Gasteiger partial charge in [0.2, 0.25) is 0 Å². The van der Waals surface area contributed by atoms with Crippen molar-refractivity contribution in [3.63, 3.8) is 0 Å². The first-order valence-electron chi connectivity index (χ1n) is 5.45. The zero-order valence-corrected chi connectivity index (χ0v) is 9.30. The number of nitrogens with zero attached hydrogens (tertiary/aromatic N) is 1. The largest absolute Gasteiger partial charge is 0.264 e. The van der Waals surface area contributed by atoms with Gasteiger partial charge in [0.25, 0.3) is 0 Å². The quantitative estimate of drug-likeness (QED) is 0.750. The third-order valence-electron chi connectivity index (χ3n) is 2.76. The van der Waals surface area contributed by atoms with Crippen molar-refractivity contribution in [2.75, 3.05) is 0 Å². The van der Waals surface area contributed by atoms with E-state index in [4.69, 9.17) is 0 Å². The third kappa shape index (κ3) is 3.02. The monoisotopic (exact) mass is 207 g/mol. The van der Waals surface area contributed by atoms with Gasteiger partial charge in [-0.2, -0.15) is 11.8 Å². The molecule has 0 aliphatic heterocycles. The van der Waals surface area contributed by atoms with Crippen LogP contribution in [0.4, 0.5) is 0 Å². The van der Waals surface area contributed by atoms with E-state index in [-0.39, 0.29) is 0 Å². The van der Waals surface area contributed by atoms with Crippen LogP contribution in [0.3, 0.4) is 0 Å². The lowest BCUT2D eigenvalue weighted by Gasteiger charge is -2.20. The Morgan fingerprint density at radius 2 is 2.14 bits per heavy atom. The van der Waals surface area contributed by atoms with Gasteiger partial charge in [-0.25, -0.2) is 0 Å². The first-order valence-corrected chi connectivity index (χ1v) is 6.50. The number of aromatic nitrogens is 1. The summed E-state index contributed by atoms with van der Waals surface area (Å²) in [5, 5.41) is 0.906. The van der Waals surface area contributed by atoms with Crippen molar-refractivity contribution < 1.29 is 0 Å². The zero-order chi connectivity index (χ0) is 9.64. The summed E-state index contributed by atoms with van der Waals surface area (Å²) in [7, 11) is 0. The Kier molecular flexibility index (Phi) is 3.87. The molecule has 0 spiro atoms. The third-order valence-corrected chi connectivity index (χ3v) is 4.20. The number of hydrogen-bond acceptors (Lipinski definition) is 2. The molecule has 0 atom stereocenters. The van der Waals surface area contributed by atoms with Gasteiger partial charge in [0.05, 0.1) is 0 Å². The van der Waals surface area contributed by atoms with E-state index in [1.54, 1.807) is 0 Å². The molecule has 0 amide bonds. The van der Waals surface area contributed by atoms with Crippen LogP contribution >= 0.6 is 11.8 Å². The number of rotatable bonds is 3. The highest BCUT2D eigenvalue weighted by molar-refractivity contribution is 7.99. The minimum absolute atomic E-state index is 0.906. The van der Waals surface area contributed by atoms with E-state index in [9.17, 15) is 0 Å². The summed E-state index contributed by atoms with van der Waals surface area (Å²) in [6.07, 6.45) is 11.0. The number of thioether (sulfide) groups is 1. The van der Waals surface area contributed by atoms with Crippen LogP contribution in [0.5, 0.6) is 0 Å².